The summed E-state index contributed by atoms with van der Waals surface area (Å²) in [6, 6.07) is 0. The monoisotopic (exact) mass is 173 g/mol. The van der Waals surface area contributed by atoms with Crippen LogP contribution in [0.4, 0.5) is 0 Å². The standard InChI is InChI=1S/C8H19N3O/c1-4-5-10-8(9)11-6-7(2)12-3/h7H,4-6H2,1-3H3,(H3,9,10,11). The first-order chi connectivity index (χ1) is 5.70. The summed E-state index contributed by atoms with van der Waals surface area (Å²) >= 11 is 0. The molecule has 0 aromatic rings. The maximum absolute atomic E-state index is 5.55. The Morgan fingerprint density at radius 3 is 2.83 bits per heavy atom. The van der Waals surface area contributed by atoms with Gasteiger partial charge in [0.15, 0.2) is 5.96 Å². The predicted molar refractivity (Wildman–Crippen MR) is 51.3 cm³/mol. The molecule has 0 aliphatic heterocycles. The fraction of sp³-hybridized carbons (Fsp3) is 0.875. The zero-order valence-electron chi connectivity index (χ0n) is 8.13. The third-order valence-electron chi connectivity index (χ3n) is 1.48. The van der Waals surface area contributed by atoms with Crippen molar-refractivity contribution in [3.8, 4) is 0 Å². The molecule has 0 aliphatic carbocycles. The van der Waals surface area contributed by atoms with Gasteiger partial charge in [-0.25, -0.2) is 0 Å². The molecule has 12 heavy (non-hydrogen) atoms. The molecule has 0 amide bonds. The number of hydrogen-bond donors (Lipinski definition) is 2. The number of nitrogens with zero attached hydrogens (tertiary/aromatic N) is 1. The van der Waals surface area contributed by atoms with Gasteiger partial charge in [-0.05, 0) is 13.3 Å². The van der Waals surface area contributed by atoms with Crippen LogP contribution in [0, 0.1) is 0 Å². The van der Waals surface area contributed by atoms with E-state index < -0.39 is 0 Å². The summed E-state index contributed by atoms with van der Waals surface area (Å²) in [6.07, 6.45) is 1.18. The van der Waals surface area contributed by atoms with Crippen LogP contribution in [0.25, 0.3) is 0 Å². The molecule has 3 N–H and O–H groups in total. The highest BCUT2D eigenvalue weighted by Gasteiger charge is 1.96. The molecule has 0 fully saturated rings. The van der Waals surface area contributed by atoms with Crippen LogP contribution in [-0.4, -0.2) is 32.3 Å². The van der Waals surface area contributed by atoms with Gasteiger partial charge in [0.05, 0.1) is 12.6 Å². The molecule has 1 unspecified atom stereocenters. The molecule has 0 saturated carbocycles. The largest absolute Gasteiger partial charge is 0.380 e. The Hall–Kier alpha value is -0.770. The highest BCUT2D eigenvalue weighted by atomic mass is 16.5. The number of methoxy groups -OCH3 is 1. The van der Waals surface area contributed by atoms with Crippen molar-refractivity contribution in [2.24, 2.45) is 10.7 Å². The number of hydrogen-bond acceptors (Lipinski definition) is 2. The average molecular weight is 173 g/mol. The molecular weight excluding hydrogens is 154 g/mol. The molecule has 0 aromatic carbocycles. The Morgan fingerprint density at radius 1 is 1.67 bits per heavy atom. The minimum Gasteiger partial charge on any atom is -0.380 e. The molecule has 4 heteroatoms. The number of rotatable bonds is 5. The number of nitrogens with one attached hydrogen (secondary N) is 1. The van der Waals surface area contributed by atoms with Crippen LogP contribution in [-0.2, 0) is 4.74 Å². The van der Waals surface area contributed by atoms with Crippen molar-refractivity contribution in [1.29, 1.82) is 0 Å². The lowest BCUT2D eigenvalue weighted by Gasteiger charge is -2.07. The molecule has 0 aliphatic rings. The third-order valence-corrected chi connectivity index (χ3v) is 1.48. The molecule has 0 bridgehead atoms. The second-order valence-corrected chi connectivity index (χ2v) is 2.70. The first kappa shape index (κ1) is 11.2. The lowest BCUT2D eigenvalue weighted by Crippen LogP contribution is -2.33. The van der Waals surface area contributed by atoms with Crippen molar-refractivity contribution in [2.45, 2.75) is 26.4 Å². The molecule has 0 aromatic heterocycles. The molecule has 4 nitrogen and oxygen atoms in total. The summed E-state index contributed by atoms with van der Waals surface area (Å²) in [5, 5.41) is 2.98. The Labute approximate surface area is 74.2 Å². The van der Waals surface area contributed by atoms with E-state index in [0.29, 0.717) is 12.5 Å². The van der Waals surface area contributed by atoms with Gasteiger partial charge in [-0.3, -0.25) is 4.99 Å². The first-order valence-electron chi connectivity index (χ1n) is 4.27. The molecule has 0 rings (SSSR count). The first-order valence-corrected chi connectivity index (χ1v) is 4.27. The molecule has 0 heterocycles. The molecule has 72 valence electrons. The zero-order valence-corrected chi connectivity index (χ0v) is 8.13. The molecule has 0 spiro atoms. The van der Waals surface area contributed by atoms with Gasteiger partial charge in [0.2, 0.25) is 0 Å². The normalized spacial score (nSPS) is 14.4. The predicted octanol–water partition coefficient (Wildman–Crippen LogP) is 0.336. The Morgan fingerprint density at radius 2 is 2.33 bits per heavy atom. The van der Waals surface area contributed by atoms with Crippen molar-refractivity contribution in [1.82, 2.24) is 5.32 Å². The van der Waals surface area contributed by atoms with E-state index in [1.807, 2.05) is 6.92 Å². The fourth-order valence-electron chi connectivity index (χ4n) is 0.610. The van der Waals surface area contributed by atoms with Crippen LogP contribution in [0.1, 0.15) is 20.3 Å². The summed E-state index contributed by atoms with van der Waals surface area (Å²) in [5.41, 5.74) is 5.55. The van der Waals surface area contributed by atoms with E-state index in [4.69, 9.17) is 10.5 Å². The van der Waals surface area contributed by atoms with Crippen molar-refractivity contribution in [3.63, 3.8) is 0 Å². The average Bonchev–Trinajstić information content (AvgIpc) is 2.10. The summed E-state index contributed by atoms with van der Waals surface area (Å²) in [7, 11) is 1.66. The van der Waals surface area contributed by atoms with Crippen molar-refractivity contribution >= 4 is 5.96 Å². The zero-order chi connectivity index (χ0) is 9.40. The van der Waals surface area contributed by atoms with Gasteiger partial charge >= 0.3 is 0 Å². The van der Waals surface area contributed by atoms with Crippen molar-refractivity contribution < 1.29 is 4.74 Å². The summed E-state index contributed by atoms with van der Waals surface area (Å²) in [6.45, 7) is 5.52. The lowest BCUT2D eigenvalue weighted by atomic mass is 10.4. The van der Waals surface area contributed by atoms with Gasteiger partial charge in [-0.2, -0.15) is 0 Å². The molecule has 1 atom stereocenters. The van der Waals surface area contributed by atoms with Gasteiger partial charge in [0, 0.05) is 13.7 Å². The van der Waals surface area contributed by atoms with Crippen LogP contribution in [0.15, 0.2) is 4.99 Å². The minimum absolute atomic E-state index is 0.131. The van der Waals surface area contributed by atoms with Gasteiger partial charge < -0.3 is 15.8 Å². The lowest BCUT2D eigenvalue weighted by molar-refractivity contribution is 0.125. The Kier molecular flexibility index (Phi) is 6.47. The van der Waals surface area contributed by atoms with Crippen LogP contribution in [0.3, 0.4) is 0 Å². The van der Waals surface area contributed by atoms with E-state index in [9.17, 15) is 0 Å². The number of guanidine groups is 1. The highest BCUT2D eigenvalue weighted by molar-refractivity contribution is 5.77. The van der Waals surface area contributed by atoms with E-state index in [2.05, 4.69) is 17.2 Å². The highest BCUT2D eigenvalue weighted by Crippen LogP contribution is 1.86. The van der Waals surface area contributed by atoms with E-state index in [-0.39, 0.29) is 6.10 Å². The van der Waals surface area contributed by atoms with Gasteiger partial charge in [-0.1, -0.05) is 6.92 Å². The van der Waals surface area contributed by atoms with Crippen molar-refractivity contribution in [3.05, 3.63) is 0 Å². The Bertz CT molecular complexity index is 136. The van der Waals surface area contributed by atoms with Gasteiger partial charge in [0.25, 0.3) is 0 Å². The van der Waals surface area contributed by atoms with E-state index >= 15 is 0 Å². The smallest absolute Gasteiger partial charge is 0.188 e. The van der Waals surface area contributed by atoms with E-state index in [1.54, 1.807) is 7.11 Å². The maximum Gasteiger partial charge on any atom is 0.188 e. The SMILES string of the molecule is CCCNC(N)=NCC(C)OC. The quantitative estimate of drug-likeness (QED) is 0.465. The van der Waals surface area contributed by atoms with E-state index in [0.717, 1.165) is 13.0 Å². The Balaban J connectivity index is 3.53. The molecular formula is C8H19N3O. The number of aliphatic imine (C=N–C) groups is 1. The van der Waals surface area contributed by atoms with Crippen LogP contribution < -0.4 is 11.1 Å². The molecule has 0 saturated heterocycles. The third kappa shape index (κ3) is 5.97. The summed E-state index contributed by atoms with van der Waals surface area (Å²) in [5.74, 6) is 0.501. The van der Waals surface area contributed by atoms with Gasteiger partial charge in [0.1, 0.15) is 0 Å². The fourth-order valence-corrected chi connectivity index (χ4v) is 0.610. The van der Waals surface area contributed by atoms with Gasteiger partial charge in [-0.15, -0.1) is 0 Å². The van der Waals surface area contributed by atoms with Crippen LogP contribution >= 0.6 is 0 Å². The second kappa shape index (κ2) is 6.91. The number of ether oxygens (including phenoxy) is 1. The summed E-state index contributed by atoms with van der Waals surface area (Å²) < 4.78 is 5.01. The van der Waals surface area contributed by atoms with Crippen molar-refractivity contribution in [2.75, 3.05) is 20.2 Å². The second-order valence-electron chi connectivity index (χ2n) is 2.70. The summed E-state index contributed by atoms with van der Waals surface area (Å²) in [4.78, 5) is 4.09. The van der Waals surface area contributed by atoms with Crippen LogP contribution in [0.5, 0.6) is 0 Å². The molecule has 0 radical (unpaired) electrons. The minimum atomic E-state index is 0.131. The van der Waals surface area contributed by atoms with E-state index in [1.165, 1.54) is 0 Å². The maximum atomic E-state index is 5.55. The van der Waals surface area contributed by atoms with Crippen LogP contribution in [0.2, 0.25) is 0 Å². The topological polar surface area (TPSA) is 59.6 Å². The number of nitrogens with two attached hydrogens (primary N) is 1.